The van der Waals surface area contributed by atoms with Crippen molar-refractivity contribution in [2.75, 3.05) is 0 Å². The van der Waals surface area contributed by atoms with Crippen molar-refractivity contribution in [2.24, 2.45) is 0 Å². The molecule has 3 aromatic rings. The number of rotatable bonds is 0. The van der Waals surface area contributed by atoms with E-state index in [0.29, 0.717) is 0 Å². The van der Waals surface area contributed by atoms with Crippen molar-refractivity contribution >= 4 is 47.7 Å². The second-order valence-corrected chi connectivity index (χ2v) is 16.2. The van der Waals surface area contributed by atoms with E-state index in [0.717, 1.165) is 0 Å². The predicted octanol–water partition coefficient (Wildman–Crippen LogP) is 2.80. The van der Waals surface area contributed by atoms with Gasteiger partial charge in [-0.15, -0.1) is 0 Å². The molecule has 110 valence electrons. The van der Waals surface area contributed by atoms with Crippen molar-refractivity contribution in [1.82, 2.24) is 0 Å². The van der Waals surface area contributed by atoms with Crippen molar-refractivity contribution in [1.29, 1.82) is 0 Å². The molecule has 0 amide bonds. The molecule has 1 aliphatic heterocycles. The molecular weight excluding hydrogens is 296 g/mol. The van der Waals surface area contributed by atoms with Crippen LogP contribution < -0.4 is 20.7 Å². The van der Waals surface area contributed by atoms with Gasteiger partial charge in [0.05, 0.1) is 0 Å². The molecule has 1 aliphatic rings. The van der Waals surface area contributed by atoms with E-state index >= 15 is 0 Å². The van der Waals surface area contributed by atoms with E-state index in [1.165, 1.54) is 5.39 Å². The van der Waals surface area contributed by atoms with Crippen molar-refractivity contribution in [3.8, 4) is 0 Å². The van der Waals surface area contributed by atoms with Crippen LogP contribution in [0.15, 0.2) is 60.7 Å². The first-order valence-electron chi connectivity index (χ1n) is 8.07. The fourth-order valence-corrected chi connectivity index (χ4v) is 12.2. The lowest BCUT2D eigenvalue weighted by molar-refractivity contribution is 1.71. The summed E-state index contributed by atoms with van der Waals surface area (Å²) in [6, 6.07) is 23.1. The minimum atomic E-state index is -1.67. The molecule has 0 fully saturated rings. The van der Waals surface area contributed by atoms with E-state index in [1.54, 1.807) is 26.1 Å². The smallest absolute Gasteiger partial charge is 0.0627 e. The van der Waals surface area contributed by atoms with E-state index in [1.807, 2.05) is 0 Å². The summed E-state index contributed by atoms with van der Waals surface area (Å²) in [5.41, 5.74) is 0. The Labute approximate surface area is 134 Å². The number of benzene rings is 3. The molecule has 0 bridgehead atoms. The highest BCUT2D eigenvalue weighted by molar-refractivity contribution is 7.12. The Kier molecular flexibility index (Phi) is 2.82. The third-order valence-electron chi connectivity index (χ3n) is 5.53. The highest BCUT2D eigenvalue weighted by Gasteiger charge is 2.40. The summed E-state index contributed by atoms with van der Waals surface area (Å²) in [4.78, 5) is 0. The second-order valence-electron chi connectivity index (χ2n) is 7.50. The van der Waals surface area contributed by atoms with Crippen LogP contribution in [0.1, 0.15) is 0 Å². The maximum Gasteiger partial charge on any atom is 0.112 e. The quantitative estimate of drug-likeness (QED) is 0.559. The Balaban J connectivity index is 2.28. The lowest BCUT2D eigenvalue weighted by Crippen LogP contribution is -2.63. The Morgan fingerprint density at radius 2 is 0.909 bits per heavy atom. The van der Waals surface area contributed by atoms with Crippen LogP contribution in [-0.4, -0.2) is 16.1 Å². The van der Waals surface area contributed by atoms with Crippen molar-refractivity contribution in [3.05, 3.63) is 60.7 Å². The Morgan fingerprint density at radius 3 is 1.36 bits per heavy atom. The van der Waals surface area contributed by atoms with Gasteiger partial charge >= 0.3 is 0 Å². The molecule has 0 nitrogen and oxygen atoms in total. The van der Waals surface area contributed by atoms with Gasteiger partial charge < -0.3 is 0 Å². The zero-order valence-corrected chi connectivity index (χ0v) is 15.8. The maximum atomic E-state index is 2.52. The largest absolute Gasteiger partial charge is 0.112 e. The molecule has 3 aromatic carbocycles. The molecule has 4 rings (SSSR count). The lowest BCUT2D eigenvalue weighted by atomic mass is 10.1. The van der Waals surface area contributed by atoms with Gasteiger partial charge in [0.1, 0.15) is 16.1 Å². The van der Waals surface area contributed by atoms with Crippen molar-refractivity contribution < 1.29 is 0 Å². The third kappa shape index (κ3) is 1.68. The summed E-state index contributed by atoms with van der Waals surface area (Å²) in [6.45, 7) is 10.1. The summed E-state index contributed by atoms with van der Waals surface area (Å²) in [7, 11) is -3.33. The van der Waals surface area contributed by atoms with Crippen molar-refractivity contribution in [3.63, 3.8) is 0 Å². The molecule has 0 spiro atoms. The summed E-state index contributed by atoms with van der Waals surface area (Å²) in [6.07, 6.45) is 0. The second kappa shape index (κ2) is 4.43. The van der Waals surface area contributed by atoms with Crippen LogP contribution in [0.4, 0.5) is 0 Å². The molecule has 0 N–H and O–H groups in total. The van der Waals surface area contributed by atoms with E-state index < -0.39 is 16.1 Å². The average molecular weight is 319 g/mol. The number of fused-ring (bicyclic) bond motifs is 1. The van der Waals surface area contributed by atoms with Crippen LogP contribution >= 0.6 is 0 Å². The molecule has 22 heavy (non-hydrogen) atoms. The molecular formula is C20H22Si2. The SMILES string of the molecule is C[Si]1(C)c2ccccc2[Si](C)(C)c2cccc3cccc1c23. The van der Waals surface area contributed by atoms with E-state index in [4.69, 9.17) is 0 Å². The van der Waals surface area contributed by atoms with Crippen LogP contribution in [0, 0.1) is 0 Å². The molecule has 2 heteroatoms. The van der Waals surface area contributed by atoms with Gasteiger partial charge in [-0.05, 0) is 21.1 Å². The number of hydrogen-bond donors (Lipinski definition) is 0. The predicted molar refractivity (Wildman–Crippen MR) is 104 cm³/mol. The molecule has 0 atom stereocenters. The monoisotopic (exact) mass is 318 g/mol. The first-order chi connectivity index (χ1) is 10.4. The maximum absolute atomic E-state index is 2.52. The lowest BCUT2D eigenvalue weighted by Gasteiger charge is -2.28. The minimum Gasteiger partial charge on any atom is -0.0627 e. The Hall–Kier alpha value is -1.65. The van der Waals surface area contributed by atoms with Gasteiger partial charge in [-0.3, -0.25) is 0 Å². The minimum absolute atomic E-state index is 1.42. The van der Waals surface area contributed by atoms with E-state index in [-0.39, 0.29) is 0 Å². The number of hydrogen-bond acceptors (Lipinski definition) is 0. The normalized spacial score (nSPS) is 17.8. The van der Waals surface area contributed by atoms with Crippen LogP contribution in [0.3, 0.4) is 0 Å². The van der Waals surface area contributed by atoms with E-state index in [9.17, 15) is 0 Å². The third-order valence-corrected chi connectivity index (χ3v) is 12.9. The average Bonchev–Trinajstić information content (AvgIpc) is 2.58. The van der Waals surface area contributed by atoms with Gasteiger partial charge in [-0.25, -0.2) is 0 Å². The summed E-state index contributed by atoms with van der Waals surface area (Å²) in [5, 5.41) is 9.52. The van der Waals surface area contributed by atoms with Crippen LogP contribution in [0.2, 0.25) is 26.2 Å². The topological polar surface area (TPSA) is 0 Å². The standard InChI is InChI=1S/C20H22Si2/c1-21(2)16-11-5-6-12-17(16)22(3,4)19-14-8-10-15-9-7-13-18(21)20(15)19/h5-14H,1-4H3. The molecule has 0 radical (unpaired) electrons. The zero-order valence-electron chi connectivity index (χ0n) is 13.8. The van der Waals surface area contributed by atoms with E-state index in [2.05, 4.69) is 86.9 Å². The van der Waals surface area contributed by atoms with Gasteiger partial charge in [-0.2, -0.15) is 0 Å². The van der Waals surface area contributed by atoms with Gasteiger partial charge in [0.2, 0.25) is 0 Å². The molecule has 0 saturated heterocycles. The van der Waals surface area contributed by atoms with Crippen LogP contribution in [0.25, 0.3) is 10.8 Å². The Bertz CT molecular complexity index is 821. The summed E-state index contributed by atoms with van der Waals surface area (Å²) in [5.74, 6) is 0. The Morgan fingerprint density at radius 1 is 0.500 bits per heavy atom. The van der Waals surface area contributed by atoms with Crippen LogP contribution in [0.5, 0.6) is 0 Å². The fourth-order valence-electron chi connectivity index (χ4n) is 4.25. The zero-order chi connectivity index (χ0) is 15.5. The first-order valence-corrected chi connectivity index (χ1v) is 14.1. The molecule has 1 heterocycles. The molecule has 0 saturated carbocycles. The first kappa shape index (κ1) is 14.0. The van der Waals surface area contributed by atoms with Gasteiger partial charge in [0.25, 0.3) is 0 Å². The van der Waals surface area contributed by atoms with Gasteiger partial charge in [0, 0.05) is 0 Å². The summed E-state index contributed by atoms with van der Waals surface area (Å²) < 4.78 is 0. The molecule has 0 unspecified atom stereocenters. The van der Waals surface area contributed by atoms with Gasteiger partial charge in [-0.1, -0.05) is 97.2 Å². The molecule has 0 aromatic heterocycles. The highest BCUT2D eigenvalue weighted by Crippen LogP contribution is 2.21. The summed E-state index contributed by atoms with van der Waals surface area (Å²) >= 11 is 0. The van der Waals surface area contributed by atoms with Crippen molar-refractivity contribution in [2.45, 2.75) is 26.2 Å². The van der Waals surface area contributed by atoms with Crippen LogP contribution in [-0.2, 0) is 0 Å². The van der Waals surface area contributed by atoms with Gasteiger partial charge in [0.15, 0.2) is 0 Å². The highest BCUT2D eigenvalue weighted by atomic mass is 28.3. The molecule has 0 aliphatic carbocycles. The fraction of sp³-hybridized carbons (Fsp3) is 0.200.